The van der Waals surface area contributed by atoms with Gasteiger partial charge in [-0.3, -0.25) is 4.79 Å². The Morgan fingerprint density at radius 3 is 2.73 bits per heavy atom. The first-order valence-electron chi connectivity index (χ1n) is 10.6. The fourth-order valence-electron chi connectivity index (χ4n) is 3.70. The minimum absolute atomic E-state index is 0.0189. The fourth-order valence-corrected chi connectivity index (χ4v) is 3.70. The molecule has 0 aliphatic rings. The average Bonchev–Trinajstić information content (AvgIpc) is 3.22. The van der Waals surface area contributed by atoms with E-state index in [1.54, 1.807) is 6.92 Å². The molecule has 3 N–H and O–H groups in total. The Bertz CT molecular complexity index is 1050. The van der Waals surface area contributed by atoms with Crippen LogP contribution in [-0.2, 0) is 11.2 Å². The first-order chi connectivity index (χ1) is 14.4. The molecule has 1 unspecified atom stereocenters. The smallest absolute Gasteiger partial charge is 0.250 e. The first-order valence-corrected chi connectivity index (χ1v) is 10.6. The molecular formula is C24H30N4O2. The first kappa shape index (κ1) is 21.6. The number of carbonyl (C=O) groups excluding carboxylic acids is 1. The van der Waals surface area contributed by atoms with E-state index in [1.165, 1.54) is 12.8 Å². The number of aromatic amines is 1. The maximum Gasteiger partial charge on any atom is 0.250 e. The summed E-state index contributed by atoms with van der Waals surface area (Å²) in [7, 11) is 0. The predicted octanol–water partition coefficient (Wildman–Crippen LogP) is 5.60. The van der Waals surface area contributed by atoms with Gasteiger partial charge in [0.15, 0.2) is 0 Å². The van der Waals surface area contributed by atoms with Crippen LogP contribution >= 0.6 is 0 Å². The normalized spacial score (nSPS) is 12.1. The molecule has 6 nitrogen and oxygen atoms in total. The van der Waals surface area contributed by atoms with E-state index in [0.29, 0.717) is 28.3 Å². The van der Waals surface area contributed by atoms with Crippen LogP contribution in [0.4, 0.5) is 5.69 Å². The molecule has 0 radical (unpaired) electrons. The van der Waals surface area contributed by atoms with Crippen LogP contribution in [0.3, 0.4) is 0 Å². The number of aromatic hydroxyl groups is 1. The SMILES string of the molecule is C=C(C)C(=O)Nc1cc(CC(CC)CCCC)cc(-c2cccc3n[nH]nc23)c1O. The average molecular weight is 407 g/mol. The highest BCUT2D eigenvalue weighted by molar-refractivity contribution is 6.05. The number of amides is 1. The van der Waals surface area contributed by atoms with Crippen molar-refractivity contribution in [3.05, 3.63) is 48.0 Å². The summed E-state index contributed by atoms with van der Waals surface area (Å²) in [4.78, 5) is 12.3. The zero-order valence-corrected chi connectivity index (χ0v) is 18.0. The van der Waals surface area contributed by atoms with Crippen molar-refractivity contribution in [3.63, 3.8) is 0 Å². The number of benzene rings is 2. The van der Waals surface area contributed by atoms with Gasteiger partial charge >= 0.3 is 0 Å². The third-order valence-electron chi connectivity index (χ3n) is 5.51. The summed E-state index contributed by atoms with van der Waals surface area (Å²) in [5, 5.41) is 24.9. The molecule has 3 rings (SSSR count). The Morgan fingerprint density at radius 1 is 1.23 bits per heavy atom. The number of H-pyrrole nitrogens is 1. The molecule has 0 aliphatic heterocycles. The number of para-hydroxylation sites is 1. The van der Waals surface area contributed by atoms with Crippen LogP contribution in [0.25, 0.3) is 22.2 Å². The van der Waals surface area contributed by atoms with Crippen molar-refractivity contribution in [1.29, 1.82) is 0 Å². The summed E-state index contributed by atoms with van der Waals surface area (Å²) in [5.41, 5.74) is 4.65. The van der Waals surface area contributed by atoms with Gasteiger partial charge in [0.1, 0.15) is 16.8 Å². The Hall–Kier alpha value is -3.15. The van der Waals surface area contributed by atoms with E-state index >= 15 is 0 Å². The molecule has 3 aromatic rings. The number of nitrogens with zero attached hydrogens (tertiary/aromatic N) is 2. The highest BCUT2D eigenvalue weighted by Gasteiger charge is 2.18. The second-order valence-corrected chi connectivity index (χ2v) is 7.89. The minimum atomic E-state index is -0.314. The molecule has 1 atom stereocenters. The van der Waals surface area contributed by atoms with Crippen LogP contribution in [0.1, 0.15) is 52.0 Å². The van der Waals surface area contributed by atoms with Crippen molar-refractivity contribution in [3.8, 4) is 16.9 Å². The Balaban J connectivity index is 2.09. The summed E-state index contributed by atoms with van der Waals surface area (Å²) in [6.45, 7) is 9.75. The molecule has 0 fully saturated rings. The predicted molar refractivity (Wildman–Crippen MR) is 121 cm³/mol. The van der Waals surface area contributed by atoms with Gasteiger partial charge in [-0.15, -0.1) is 0 Å². The minimum Gasteiger partial charge on any atom is -0.505 e. The molecule has 1 heterocycles. The number of unbranched alkanes of at least 4 members (excludes halogenated alkanes) is 1. The number of carbonyl (C=O) groups is 1. The van der Waals surface area contributed by atoms with Crippen LogP contribution in [-0.4, -0.2) is 26.4 Å². The van der Waals surface area contributed by atoms with Gasteiger partial charge in [0, 0.05) is 16.7 Å². The number of rotatable bonds is 9. The van der Waals surface area contributed by atoms with Gasteiger partial charge in [-0.25, -0.2) is 0 Å². The van der Waals surface area contributed by atoms with Gasteiger partial charge in [-0.1, -0.05) is 58.2 Å². The monoisotopic (exact) mass is 406 g/mol. The number of nitrogens with one attached hydrogen (secondary N) is 2. The number of phenols is 1. The van der Waals surface area contributed by atoms with Crippen LogP contribution in [0.5, 0.6) is 5.75 Å². The summed E-state index contributed by atoms with van der Waals surface area (Å²) in [6, 6.07) is 9.53. The van der Waals surface area contributed by atoms with Crippen molar-refractivity contribution in [2.24, 2.45) is 5.92 Å². The number of hydrogen-bond acceptors (Lipinski definition) is 4. The fraction of sp³-hybridized carbons (Fsp3) is 0.375. The maximum atomic E-state index is 12.3. The molecule has 0 bridgehead atoms. The largest absolute Gasteiger partial charge is 0.505 e. The highest BCUT2D eigenvalue weighted by atomic mass is 16.3. The van der Waals surface area contributed by atoms with Crippen LogP contribution in [0, 0.1) is 5.92 Å². The van der Waals surface area contributed by atoms with Crippen molar-refractivity contribution in [1.82, 2.24) is 15.4 Å². The molecule has 1 aromatic heterocycles. The molecule has 6 heteroatoms. The lowest BCUT2D eigenvalue weighted by Crippen LogP contribution is -2.13. The van der Waals surface area contributed by atoms with E-state index < -0.39 is 0 Å². The maximum absolute atomic E-state index is 12.3. The second kappa shape index (κ2) is 9.57. The van der Waals surface area contributed by atoms with Crippen molar-refractivity contribution in [2.45, 2.75) is 52.9 Å². The Labute approximate surface area is 177 Å². The lowest BCUT2D eigenvalue weighted by atomic mass is 9.89. The van der Waals surface area contributed by atoms with Gasteiger partial charge < -0.3 is 10.4 Å². The number of fused-ring (bicyclic) bond motifs is 1. The molecule has 0 saturated heterocycles. The zero-order valence-electron chi connectivity index (χ0n) is 18.0. The topological polar surface area (TPSA) is 90.9 Å². The van der Waals surface area contributed by atoms with Crippen molar-refractivity contribution in [2.75, 3.05) is 5.32 Å². The number of phenolic OH excluding ortho intramolecular Hbond substituents is 1. The lowest BCUT2D eigenvalue weighted by molar-refractivity contribution is -0.112. The van der Waals surface area contributed by atoms with Gasteiger partial charge in [-0.2, -0.15) is 15.4 Å². The molecule has 158 valence electrons. The summed E-state index contributed by atoms with van der Waals surface area (Å²) >= 11 is 0. The van der Waals surface area contributed by atoms with Crippen molar-refractivity contribution < 1.29 is 9.90 Å². The van der Waals surface area contributed by atoms with Crippen molar-refractivity contribution >= 4 is 22.6 Å². The van der Waals surface area contributed by atoms with E-state index in [9.17, 15) is 9.90 Å². The van der Waals surface area contributed by atoms with Crippen LogP contribution in [0.15, 0.2) is 42.5 Å². The molecule has 1 amide bonds. The van der Waals surface area contributed by atoms with E-state index in [-0.39, 0.29) is 11.7 Å². The van der Waals surface area contributed by atoms with E-state index in [4.69, 9.17) is 0 Å². The molecule has 0 saturated carbocycles. The quantitative estimate of drug-likeness (QED) is 0.318. The molecule has 0 spiro atoms. The standard InChI is InChI=1S/C24H30N4O2/c1-5-7-9-16(6-2)12-17-13-19(18-10-8-11-20-22(18)27-28-26-20)23(29)21(14-17)25-24(30)15(3)4/h8,10-11,13-14,16,29H,3,5-7,9,12H2,1-2,4H3,(H,25,30)(H,26,27,28). The third kappa shape index (κ3) is 4.70. The Morgan fingerprint density at radius 2 is 2.03 bits per heavy atom. The van der Waals surface area contributed by atoms with Crippen LogP contribution in [0.2, 0.25) is 0 Å². The number of hydrogen-bond donors (Lipinski definition) is 3. The van der Waals surface area contributed by atoms with Gasteiger partial charge in [0.05, 0.1) is 5.69 Å². The zero-order chi connectivity index (χ0) is 21.7. The Kier molecular flexibility index (Phi) is 6.87. The molecular weight excluding hydrogens is 376 g/mol. The lowest BCUT2D eigenvalue weighted by Gasteiger charge is -2.18. The molecule has 0 aliphatic carbocycles. The highest BCUT2D eigenvalue weighted by Crippen LogP contribution is 2.40. The van der Waals surface area contributed by atoms with E-state index in [2.05, 4.69) is 41.2 Å². The second-order valence-electron chi connectivity index (χ2n) is 7.89. The number of anilines is 1. The van der Waals surface area contributed by atoms with Gasteiger partial charge in [0.25, 0.3) is 5.91 Å². The molecule has 2 aromatic carbocycles. The summed E-state index contributed by atoms with van der Waals surface area (Å²) in [6.07, 6.45) is 5.50. The van der Waals surface area contributed by atoms with E-state index in [1.807, 2.05) is 30.3 Å². The van der Waals surface area contributed by atoms with Gasteiger partial charge in [0.2, 0.25) is 0 Å². The summed E-state index contributed by atoms with van der Waals surface area (Å²) in [5.74, 6) is 0.256. The molecule has 30 heavy (non-hydrogen) atoms. The summed E-state index contributed by atoms with van der Waals surface area (Å²) < 4.78 is 0. The third-order valence-corrected chi connectivity index (χ3v) is 5.51. The van der Waals surface area contributed by atoms with E-state index in [0.717, 1.165) is 35.9 Å². The van der Waals surface area contributed by atoms with Gasteiger partial charge in [-0.05, 0) is 43.0 Å². The van der Waals surface area contributed by atoms with Crippen LogP contribution < -0.4 is 5.32 Å². The number of aromatic nitrogens is 3.